The Balaban J connectivity index is 2.61. The lowest BCUT2D eigenvalue weighted by molar-refractivity contribution is 0.416. The van der Waals surface area contributed by atoms with Gasteiger partial charge in [0, 0.05) is 11.3 Å². The highest BCUT2D eigenvalue weighted by molar-refractivity contribution is 5.75. The maximum Gasteiger partial charge on any atom is 0.126 e. The minimum atomic E-state index is 0.825. The van der Waals surface area contributed by atoms with Gasteiger partial charge in [-0.15, -0.1) is 0 Å². The SMILES string of the molecule is COc1ccccc1-c1cc(C)c(C)c(N)c1. The number of methoxy groups -OCH3 is 1. The topological polar surface area (TPSA) is 35.2 Å². The second-order valence-corrected chi connectivity index (χ2v) is 4.21. The molecule has 0 saturated carbocycles. The Kier molecular flexibility index (Phi) is 3.05. The van der Waals surface area contributed by atoms with E-state index in [1.54, 1.807) is 7.11 Å². The maximum atomic E-state index is 6.01. The van der Waals surface area contributed by atoms with Gasteiger partial charge < -0.3 is 10.5 Å². The lowest BCUT2D eigenvalue weighted by atomic mass is 9.98. The van der Waals surface area contributed by atoms with Gasteiger partial charge in [-0.1, -0.05) is 24.3 Å². The van der Waals surface area contributed by atoms with Crippen molar-refractivity contribution in [1.29, 1.82) is 0 Å². The molecule has 2 aromatic carbocycles. The van der Waals surface area contributed by atoms with Crippen molar-refractivity contribution >= 4 is 5.69 Å². The van der Waals surface area contributed by atoms with Gasteiger partial charge in [-0.25, -0.2) is 0 Å². The quantitative estimate of drug-likeness (QED) is 0.796. The highest BCUT2D eigenvalue weighted by atomic mass is 16.5. The van der Waals surface area contributed by atoms with E-state index in [1.165, 1.54) is 5.56 Å². The summed E-state index contributed by atoms with van der Waals surface area (Å²) in [6, 6.07) is 12.1. The second-order valence-electron chi connectivity index (χ2n) is 4.21. The van der Waals surface area contributed by atoms with Gasteiger partial charge in [0.15, 0.2) is 0 Å². The van der Waals surface area contributed by atoms with Gasteiger partial charge in [0.25, 0.3) is 0 Å². The number of nitrogens with two attached hydrogens (primary N) is 1. The highest BCUT2D eigenvalue weighted by Crippen LogP contribution is 2.32. The van der Waals surface area contributed by atoms with Crippen molar-refractivity contribution in [3.05, 3.63) is 47.5 Å². The van der Waals surface area contributed by atoms with E-state index >= 15 is 0 Å². The zero-order valence-corrected chi connectivity index (χ0v) is 10.4. The molecule has 0 atom stereocenters. The summed E-state index contributed by atoms with van der Waals surface area (Å²) in [5, 5.41) is 0. The predicted molar refractivity (Wildman–Crippen MR) is 72.3 cm³/mol. The van der Waals surface area contributed by atoms with Crippen molar-refractivity contribution in [2.24, 2.45) is 0 Å². The van der Waals surface area contributed by atoms with Crippen LogP contribution in [0.1, 0.15) is 11.1 Å². The van der Waals surface area contributed by atoms with E-state index in [0.717, 1.165) is 28.1 Å². The first-order valence-electron chi connectivity index (χ1n) is 5.63. The first-order chi connectivity index (χ1) is 8.13. The fraction of sp³-hybridized carbons (Fsp3) is 0.200. The molecule has 0 aliphatic carbocycles. The molecule has 0 bridgehead atoms. The molecule has 2 heteroatoms. The molecule has 0 radical (unpaired) electrons. The molecular weight excluding hydrogens is 210 g/mol. The molecule has 17 heavy (non-hydrogen) atoms. The van der Waals surface area contributed by atoms with Crippen LogP contribution >= 0.6 is 0 Å². The Morgan fingerprint density at radius 1 is 1.06 bits per heavy atom. The number of anilines is 1. The Labute approximate surface area is 102 Å². The summed E-state index contributed by atoms with van der Waals surface area (Å²) in [4.78, 5) is 0. The van der Waals surface area contributed by atoms with Gasteiger partial charge in [0.2, 0.25) is 0 Å². The van der Waals surface area contributed by atoms with Crippen LogP contribution in [0.5, 0.6) is 5.75 Å². The number of hydrogen-bond donors (Lipinski definition) is 1. The van der Waals surface area contributed by atoms with Crippen molar-refractivity contribution in [3.63, 3.8) is 0 Å². The molecular formula is C15H17NO. The molecule has 2 N–H and O–H groups in total. The summed E-state index contributed by atoms with van der Waals surface area (Å²) in [5.41, 5.74) is 11.4. The molecule has 0 heterocycles. The molecule has 0 unspecified atom stereocenters. The predicted octanol–water partition coefficient (Wildman–Crippen LogP) is 3.56. The van der Waals surface area contributed by atoms with Crippen LogP contribution in [0.15, 0.2) is 36.4 Å². The zero-order chi connectivity index (χ0) is 12.4. The number of nitrogen functional groups attached to an aromatic ring is 1. The third-order valence-electron chi connectivity index (χ3n) is 3.13. The van der Waals surface area contributed by atoms with Gasteiger partial charge in [-0.2, -0.15) is 0 Å². The summed E-state index contributed by atoms with van der Waals surface area (Å²) in [5.74, 6) is 0.871. The van der Waals surface area contributed by atoms with E-state index in [-0.39, 0.29) is 0 Å². The van der Waals surface area contributed by atoms with Crippen LogP contribution in [-0.2, 0) is 0 Å². The maximum absolute atomic E-state index is 6.01. The number of hydrogen-bond acceptors (Lipinski definition) is 2. The van der Waals surface area contributed by atoms with Crippen molar-refractivity contribution in [1.82, 2.24) is 0 Å². The van der Waals surface area contributed by atoms with Gasteiger partial charge in [0.05, 0.1) is 7.11 Å². The summed E-state index contributed by atoms with van der Waals surface area (Å²) in [7, 11) is 1.68. The molecule has 88 valence electrons. The van der Waals surface area contributed by atoms with Gasteiger partial charge in [-0.05, 0) is 42.7 Å². The van der Waals surface area contributed by atoms with E-state index in [2.05, 4.69) is 13.0 Å². The van der Waals surface area contributed by atoms with Crippen LogP contribution in [0.25, 0.3) is 11.1 Å². The minimum absolute atomic E-state index is 0.825. The molecule has 0 aliphatic rings. The Morgan fingerprint density at radius 3 is 2.41 bits per heavy atom. The summed E-state index contributed by atoms with van der Waals surface area (Å²) in [6.07, 6.45) is 0. The monoisotopic (exact) mass is 227 g/mol. The first kappa shape index (κ1) is 11.5. The average Bonchev–Trinajstić information content (AvgIpc) is 2.35. The van der Waals surface area contributed by atoms with E-state index in [1.807, 2.05) is 37.3 Å². The standard InChI is InChI=1S/C15H17NO/c1-10-8-12(9-14(16)11(10)2)13-6-4-5-7-15(13)17-3/h4-9H,16H2,1-3H3. The van der Waals surface area contributed by atoms with E-state index < -0.39 is 0 Å². The third kappa shape index (κ3) is 2.11. The van der Waals surface area contributed by atoms with Gasteiger partial charge in [-0.3, -0.25) is 0 Å². The molecule has 2 nitrogen and oxygen atoms in total. The van der Waals surface area contributed by atoms with E-state index in [0.29, 0.717) is 0 Å². The number of benzene rings is 2. The van der Waals surface area contributed by atoms with Gasteiger partial charge in [0.1, 0.15) is 5.75 Å². The summed E-state index contributed by atoms with van der Waals surface area (Å²) >= 11 is 0. The smallest absolute Gasteiger partial charge is 0.126 e. The molecule has 0 aromatic heterocycles. The van der Waals surface area contributed by atoms with Crippen LogP contribution < -0.4 is 10.5 Å². The van der Waals surface area contributed by atoms with Crippen LogP contribution in [-0.4, -0.2) is 7.11 Å². The second kappa shape index (κ2) is 4.50. The van der Waals surface area contributed by atoms with Crippen molar-refractivity contribution in [2.45, 2.75) is 13.8 Å². The lowest BCUT2D eigenvalue weighted by Crippen LogP contribution is -1.94. The van der Waals surface area contributed by atoms with Crippen molar-refractivity contribution < 1.29 is 4.74 Å². The Hall–Kier alpha value is -1.96. The van der Waals surface area contributed by atoms with Crippen LogP contribution in [0.3, 0.4) is 0 Å². The lowest BCUT2D eigenvalue weighted by Gasteiger charge is -2.12. The molecule has 2 rings (SSSR count). The van der Waals surface area contributed by atoms with Crippen LogP contribution in [0, 0.1) is 13.8 Å². The zero-order valence-electron chi connectivity index (χ0n) is 10.4. The Bertz CT molecular complexity index is 523. The van der Waals surface area contributed by atoms with E-state index in [9.17, 15) is 0 Å². The summed E-state index contributed by atoms with van der Waals surface area (Å²) < 4.78 is 5.37. The molecule has 0 amide bonds. The third-order valence-corrected chi connectivity index (χ3v) is 3.13. The van der Waals surface area contributed by atoms with E-state index in [4.69, 9.17) is 10.5 Å². The van der Waals surface area contributed by atoms with Crippen molar-refractivity contribution in [3.8, 4) is 16.9 Å². The number of ether oxygens (including phenoxy) is 1. The summed E-state index contributed by atoms with van der Waals surface area (Å²) in [6.45, 7) is 4.11. The minimum Gasteiger partial charge on any atom is -0.496 e. The largest absolute Gasteiger partial charge is 0.496 e. The normalized spacial score (nSPS) is 10.3. The first-order valence-corrected chi connectivity index (χ1v) is 5.63. The number of aryl methyl sites for hydroxylation is 1. The van der Waals surface area contributed by atoms with Crippen LogP contribution in [0.2, 0.25) is 0 Å². The van der Waals surface area contributed by atoms with Crippen molar-refractivity contribution in [2.75, 3.05) is 12.8 Å². The molecule has 0 fully saturated rings. The fourth-order valence-corrected chi connectivity index (χ4v) is 1.93. The van der Waals surface area contributed by atoms with Gasteiger partial charge >= 0.3 is 0 Å². The number of rotatable bonds is 2. The molecule has 0 aliphatic heterocycles. The molecule has 0 spiro atoms. The Morgan fingerprint density at radius 2 is 1.76 bits per heavy atom. The molecule has 2 aromatic rings. The fourth-order valence-electron chi connectivity index (χ4n) is 1.93. The van der Waals surface area contributed by atoms with Crippen LogP contribution in [0.4, 0.5) is 5.69 Å². The average molecular weight is 227 g/mol. The highest BCUT2D eigenvalue weighted by Gasteiger charge is 2.07. The number of para-hydroxylation sites is 1. The molecule has 0 saturated heterocycles.